The Morgan fingerprint density at radius 2 is 1.13 bits per heavy atom. The number of hydrogen-bond donors (Lipinski definition) is 2. The number of nitrogens with one attached hydrogen (secondary N) is 2. The van der Waals surface area contributed by atoms with Crippen molar-refractivity contribution >= 4 is 47.4 Å². The van der Waals surface area contributed by atoms with Gasteiger partial charge in [0.05, 0.1) is 5.92 Å². The van der Waals surface area contributed by atoms with E-state index in [2.05, 4.69) is 10.6 Å². The zero-order chi connectivity index (χ0) is 50.1. The van der Waals surface area contributed by atoms with E-state index in [4.69, 9.17) is 9.47 Å². The molecule has 4 fully saturated rings. The molecule has 6 amide bonds. The number of ether oxygens (including phenoxy) is 2. The maximum absolute atomic E-state index is 15.0. The number of rotatable bonds is 9. The third kappa shape index (κ3) is 12.3. The Morgan fingerprint density at radius 1 is 0.609 bits per heavy atom. The van der Waals surface area contributed by atoms with E-state index in [9.17, 15) is 38.4 Å². The minimum absolute atomic E-state index is 0.0150. The average Bonchev–Trinajstić information content (AvgIpc) is 4.14. The smallest absolute Gasteiger partial charge is 0.329 e. The summed E-state index contributed by atoms with van der Waals surface area (Å²) >= 11 is 0. The second-order valence-corrected chi connectivity index (χ2v) is 20.3. The van der Waals surface area contributed by atoms with E-state index in [-0.39, 0.29) is 32.5 Å². The van der Waals surface area contributed by atoms with Gasteiger partial charge in [0.25, 0.3) is 11.8 Å². The van der Waals surface area contributed by atoms with Crippen LogP contribution in [0.2, 0.25) is 0 Å². The normalized spacial score (nSPS) is 28.9. The van der Waals surface area contributed by atoms with Gasteiger partial charge in [0.2, 0.25) is 23.6 Å². The van der Waals surface area contributed by atoms with Crippen LogP contribution in [0.15, 0.2) is 60.7 Å². The molecule has 4 aliphatic rings. The van der Waals surface area contributed by atoms with Crippen LogP contribution in [-0.2, 0) is 60.7 Å². The van der Waals surface area contributed by atoms with Gasteiger partial charge in [-0.2, -0.15) is 0 Å². The van der Waals surface area contributed by atoms with Crippen LogP contribution in [0.1, 0.15) is 111 Å². The van der Waals surface area contributed by atoms with Gasteiger partial charge >= 0.3 is 11.9 Å². The average molecular weight is 955 g/mol. The van der Waals surface area contributed by atoms with Gasteiger partial charge in [0, 0.05) is 39.1 Å². The molecule has 4 aliphatic heterocycles. The van der Waals surface area contributed by atoms with E-state index in [0.29, 0.717) is 51.4 Å². The van der Waals surface area contributed by atoms with Crippen molar-refractivity contribution in [3.8, 4) is 0 Å². The van der Waals surface area contributed by atoms with E-state index in [1.165, 1.54) is 26.6 Å². The highest BCUT2D eigenvalue weighted by Crippen LogP contribution is 2.29. The molecule has 69 heavy (non-hydrogen) atoms. The monoisotopic (exact) mass is 955 g/mol. The Kier molecular flexibility index (Phi) is 18.0. The van der Waals surface area contributed by atoms with E-state index in [1.54, 1.807) is 34.6 Å². The molecule has 10 atom stereocenters. The van der Waals surface area contributed by atoms with E-state index >= 15 is 0 Å². The summed E-state index contributed by atoms with van der Waals surface area (Å²) < 4.78 is 12.2. The second kappa shape index (κ2) is 23.7. The lowest BCUT2D eigenvalue weighted by Crippen LogP contribution is -2.60. The highest BCUT2D eigenvalue weighted by Gasteiger charge is 2.47. The first-order chi connectivity index (χ1) is 32.9. The van der Waals surface area contributed by atoms with E-state index in [0.717, 1.165) is 11.1 Å². The fourth-order valence-electron chi connectivity index (χ4n) is 10.6. The molecule has 4 saturated heterocycles. The number of amides is 6. The largest absolute Gasteiger partial charge is 0.452 e. The molecule has 4 heterocycles. The van der Waals surface area contributed by atoms with Crippen molar-refractivity contribution < 1.29 is 47.8 Å². The number of nitrogens with zero attached hydrogens (tertiary/aromatic N) is 4. The second-order valence-electron chi connectivity index (χ2n) is 20.3. The predicted molar refractivity (Wildman–Crippen MR) is 258 cm³/mol. The van der Waals surface area contributed by atoms with Crippen molar-refractivity contribution in [1.29, 1.82) is 0 Å². The maximum atomic E-state index is 15.0. The summed E-state index contributed by atoms with van der Waals surface area (Å²) in [6, 6.07) is 12.9. The zero-order valence-corrected chi connectivity index (χ0v) is 41.8. The highest BCUT2D eigenvalue weighted by molar-refractivity contribution is 5.97. The van der Waals surface area contributed by atoms with E-state index < -0.39 is 120 Å². The van der Waals surface area contributed by atoms with Crippen molar-refractivity contribution in [2.24, 2.45) is 23.7 Å². The Hall–Kier alpha value is -5.80. The van der Waals surface area contributed by atoms with Crippen molar-refractivity contribution in [3.05, 3.63) is 71.8 Å². The molecule has 0 aliphatic carbocycles. The topological polar surface area (TPSA) is 192 Å². The number of carbonyl (C=O) groups is 8. The SMILES string of the molecule is CCCC1NC(=O)C2CCCN2C(=O)C(C(C)Cc2ccccc2)NC(=O)C2CCCN2C(=O)C(C(C)C)N(C)C(=O)C(C(C)C)OC(=O)C2CCCN2C(=O)C(Cc2ccccc2)OC(=O)C1C. The van der Waals surface area contributed by atoms with Gasteiger partial charge in [0.1, 0.15) is 30.2 Å². The molecule has 16 heteroatoms. The molecule has 2 aromatic carbocycles. The summed E-state index contributed by atoms with van der Waals surface area (Å²) in [6.07, 6.45) is 1.24. The van der Waals surface area contributed by atoms with Crippen molar-refractivity contribution in [2.75, 3.05) is 26.7 Å². The molecule has 0 saturated carbocycles. The summed E-state index contributed by atoms with van der Waals surface area (Å²) in [5, 5.41) is 6.13. The number of hydrogen-bond acceptors (Lipinski definition) is 10. The molecule has 2 aromatic rings. The maximum Gasteiger partial charge on any atom is 0.329 e. The lowest BCUT2D eigenvalue weighted by atomic mass is 9.92. The number of carbonyl (C=O) groups excluding carboxylic acids is 8. The molecule has 0 aromatic heterocycles. The van der Waals surface area contributed by atoms with Gasteiger partial charge in [-0.15, -0.1) is 0 Å². The fourth-order valence-corrected chi connectivity index (χ4v) is 10.6. The number of fused-ring (bicyclic) bond motifs is 3. The van der Waals surface area contributed by atoms with Gasteiger partial charge in [-0.25, -0.2) is 4.79 Å². The van der Waals surface area contributed by atoms with Gasteiger partial charge < -0.3 is 39.7 Å². The Morgan fingerprint density at radius 3 is 1.68 bits per heavy atom. The summed E-state index contributed by atoms with van der Waals surface area (Å²) in [5.41, 5.74) is 1.67. The van der Waals surface area contributed by atoms with Crippen LogP contribution in [0.3, 0.4) is 0 Å². The van der Waals surface area contributed by atoms with Crippen LogP contribution < -0.4 is 10.6 Å². The van der Waals surface area contributed by atoms with Crippen LogP contribution in [-0.4, -0.2) is 142 Å². The van der Waals surface area contributed by atoms with Crippen molar-refractivity contribution in [2.45, 2.75) is 161 Å². The molecule has 2 N–H and O–H groups in total. The van der Waals surface area contributed by atoms with Crippen molar-refractivity contribution in [1.82, 2.24) is 30.2 Å². The standard InChI is InChI=1S/C53H74N6O10/c1-9-19-38-35(7)52(66)68-42(31-37-22-14-11-15-23-37)48(62)59-29-18-26-41(59)53(67)69-45(33(4)5)51(65)56(8)44(32(2)3)50(64)58-28-17-25-40(58)47(61)55-43(34(6)30-36-20-12-10-13-21-36)49(63)57-27-16-24-39(57)46(60)54-38/h10-15,20-23,32-35,38-45H,9,16-19,24-31H2,1-8H3,(H,54,60)(H,55,61). The lowest BCUT2D eigenvalue weighted by molar-refractivity contribution is -0.173. The Labute approximate surface area is 407 Å². The molecule has 0 spiro atoms. The molecule has 16 nitrogen and oxygen atoms in total. The first-order valence-electron chi connectivity index (χ1n) is 25.2. The number of esters is 2. The zero-order valence-electron chi connectivity index (χ0n) is 41.8. The molecule has 0 radical (unpaired) electrons. The van der Waals surface area contributed by atoms with Crippen LogP contribution in [0, 0.1) is 23.7 Å². The van der Waals surface area contributed by atoms with Crippen LogP contribution >= 0.6 is 0 Å². The quantitative estimate of drug-likeness (QED) is 0.340. The van der Waals surface area contributed by atoms with Crippen LogP contribution in [0.5, 0.6) is 0 Å². The van der Waals surface area contributed by atoms with Crippen LogP contribution in [0.4, 0.5) is 0 Å². The van der Waals surface area contributed by atoms with Crippen molar-refractivity contribution in [3.63, 3.8) is 0 Å². The van der Waals surface area contributed by atoms with Gasteiger partial charge in [-0.05, 0) is 87.2 Å². The third-order valence-corrected chi connectivity index (χ3v) is 14.5. The molecule has 376 valence electrons. The minimum Gasteiger partial charge on any atom is -0.452 e. The molecule has 0 bridgehead atoms. The van der Waals surface area contributed by atoms with Crippen LogP contribution in [0.25, 0.3) is 0 Å². The minimum atomic E-state index is -1.34. The molecular weight excluding hydrogens is 881 g/mol. The van der Waals surface area contributed by atoms with Gasteiger partial charge in [-0.1, -0.05) is 109 Å². The summed E-state index contributed by atoms with van der Waals surface area (Å²) in [4.78, 5) is 122. The number of cyclic esters (lactones) is 2. The fraction of sp³-hybridized carbons (Fsp3) is 0.623. The number of benzene rings is 2. The first kappa shape index (κ1) is 52.6. The Balaban J connectivity index is 1.40. The predicted octanol–water partition coefficient (Wildman–Crippen LogP) is 4.46. The van der Waals surface area contributed by atoms with E-state index in [1.807, 2.05) is 74.5 Å². The third-order valence-electron chi connectivity index (χ3n) is 14.5. The van der Waals surface area contributed by atoms with Gasteiger partial charge in [-0.3, -0.25) is 33.6 Å². The molecular formula is C53H74N6O10. The molecule has 6 rings (SSSR count). The summed E-state index contributed by atoms with van der Waals surface area (Å²) in [5.74, 6) is -6.82. The summed E-state index contributed by atoms with van der Waals surface area (Å²) in [6.45, 7) is 13.2. The van der Waals surface area contributed by atoms with Gasteiger partial charge in [0.15, 0.2) is 12.2 Å². The lowest BCUT2D eigenvalue weighted by Gasteiger charge is -2.38. The Bertz CT molecular complexity index is 2150. The summed E-state index contributed by atoms with van der Waals surface area (Å²) in [7, 11) is 1.49. The number of likely N-dealkylation sites (N-methyl/N-ethyl adjacent to an activating group) is 1. The first-order valence-corrected chi connectivity index (χ1v) is 25.2. The molecule has 10 unspecified atom stereocenters. The highest BCUT2D eigenvalue weighted by atomic mass is 16.6.